The van der Waals surface area contributed by atoms with Gasteiger partial charge in [0.25, 0.3) is 5.91 Å². The van der Waals surface area contributed by atoms with Crippen molar-refractivity contribution in [2.45, 2.75) is 26.0 Å². The van der Waals surface area contributed by atoms with Gasteiger partial charge in [-0.05, 0) is 35.9 Å². The third-order valence-corrected chi connectivity index (χ3v) is 5.49. The second-order valence-electron chi connectivity index (χ2n) is 7.86. The van der Waals surface area contributed by atoms with E-state index in [-0.39, 0.29) is 18.3 Å². The number of hydrogen-bond acceptors (Lipinski definition) is 4. The Hall–Kier alpha value is -3.94. The number of carbonyl (C=O) groups excluding carboxylic acids is 1. The van der Waals surface area contributed by atoms with E-state index in [4.69, 9.17) is 9.47 Å². The fourth-order valence-electron chi connectivity index (χ4n) is 3.72. The monoisotopic (exact) mass is 465 g/mol. The minimum Gasteiger partial charge on any atom is -0.493 e. The second kappa shape index (κ2) is 10.3. The Morgan fingerprint density at radius 2 is 1.76 bits per heavy atom. The Bertz CT molecular complexity index is 1280. The van der Waals surface area contributed by atoms with Crippen LogP contribution in [0, 0.1) is 0 Å². The molecule has 1 heterocycles. The van der Waals surface area contributed by atoms with Crippen molar-refractivity contribution in [3.63, 3.8) is 0 Å². The molecule has 0 bridgehead atoms. The molecule has 1 amide bonds. The van der Waals surface area contributed by atoms with Gasteiger partial charge in [-0.15, -0.1) is 0 Å². The van der Waals surface area contributed by atoms with Crippen LogP contribution in [-0.4, -0.2) is 29.1 Å². The van der Waals surface area contributed by atoms with E-state index in [2.05, 4.69) is 10.3 Å². The van der Waals surface area contributed by atoms with Gasteiger partial charge >= 0.3 is 6.55 Å². The molecule has 6 nitrogen and oxygen atoms in total. The minimum absolute atomic E-state index is 0.142. The summed E-state index contributed by atoms with van der Waals surface area (Å²) in [5.41, 5.74) is 2.24. The van der Waals surface area contributed by atoms with E-state index in [9.17, 15) is 13.6 Å². The first-order valence-corrected chi connectivity index (χ1v) is 10.9. The minimum atomic E-state index is -2.73. The highest BCUT2D eigenvalue weighted by Crippen LogP contribution is 2.30. The van der Waals surface area contributed by atoms with E-state index in [1.807, 2.05) is 30.3 Å². The molecule has 1 atom stereocenters. The summed E-state index contributed by atoms with van der Waals surface area (Å²) in [7, 11) is 1.50. The van der Waals surface area contributed by atoms with Gasteiger partial charge < -0.3 is 14.8 Å². The van der Waals surface area contributed by atoms with E-state index in [1.165, 1.54) is 7.11 Å². The van der Waals surface area contributed by atoms with Crippen LogP contribution in [0.3, 0.4) is 0 Å². The summed E-state index contributed by atoms with van der Waals surface area (Å²) in [6, 6.07) is 21.4. The number of ether oxygens (including phenoxy) is 2. The summed E-state index contributed by atoms with van der Waals surface area (Å²) in [4.78, 5) is 17.1. The lowest BCUT2D eigenvalue weighted by atomic mass is 10.1. The lowest BCUT2D eigenvalue weighted by Gasteiger charge is -2.16. The predicted octanol–water partition coefficient (Wildman–Crippen LogP) is 5.55. The van der Waals surface area contributed by atoms with Crippen LogP contribution in [0.2, 0.25) is 0 Å². The molecule has 4 rings (SSSR count). The van der Waals surface area contributed by atoms with Crippen LogP contribution in [0.15, 0.2) is 72.8 Å². The maximum Gasteiger partial charge on any atom is 0.320 e. The normalized spacial score (nSPS) is 12.0. The zero-order valence-electron chi connectivity index (χ0n) is 18.9. The number of fused-ring (bicyclic) bond motifs is 1. The average Bonchev–Trinajstić information content (AvgIpc) is 3.26. The molecule has 3 aromatic carbocycles. The zero-order chi connectivity index (χ0) is 24.1. The van der Waals surface area contributed by atoms with Crippen LogP contribution >= 0.6 is 0 Å². The van der Waals surface area contributed by atoms with Crippen LogP contribution < -0.4 is 14.8 Å². The summed E-state index contributed by atoms with van der Waals surface area (Å²) < 4.78 is 39.6. The molecule has 0 aliphatic carbocycles. The van der Waals surface area contributed by atoms with Gasteiger partial charge in [0.1, 0.15) is 12.4 Å². The maximum atomic E-state index is 13.7. The number of methoxy groups -OCH3 is 1. The van der Waals surface area contributed by atoms with Crippen LogP contribution in [0.4, 0.5) is 8.78 Å². The molecule has 176 valence electrons. The van der Waals surface area contributed by atoms with Gasteiger partial charge in [-0.1, -0.05) is 49.4 Å². The number of halogens is 2. The summed E-state index contributed by atoms with van der Waals surface area (Å²) in [5, 5.41) is 2.80. The number of nitrogens with one attached hydrogen (secondary N) is 1. The number of carbonyl (C=O) groups is 1. The molecule has 0 aliphatic rings. The number of nitrogens with zero attached hydrogens (tertiary/aromatic N) is 2. The van der Waals surface area contributed by atoms with E-state index in [0.717, 1.165) is 10.1 Å². The number of rotatable bonds is 9. The molecular weight excluding hydrogens is 440 g/mol. The molecule has 0 aliphatic heterocycles. The Morgan fingerprint density at radius 1 is 1.03 bits per heavy atom. The predicted molar refractivity (Wildman–Crippen MR) is 126 cm³/mol. The van der Waals surface area contributed by atoms with Gasteiger partial charge in [0.05, 0.1) is 18.1 Å². The Labute approximate surface area is 196 Å². The molecule has 0 radical (unpaired) electrons. The van der Waals surface area contributed by atoms with E-state index >= 15 is 0 Å². The quantitative estimate of drug-likeness (QED) is 0.352. The number of hydrogen-bond donors (Lipinski definition) is 1. The van der Waals surface area contributed by atoms with Crippen molar-refractivity contribution in [1.82, 2.24) is 14.9 Å². The summed E-state index contributed by atoms with van der Waals surface area (Å²) in [6.45, 7) is -0.468. The second-order valence-corrected chi connectivity index (χ2v) is 7.86. The van der Waals surface area contributed by atoms with Crippen LogP contribution in [0.5, 0.6) is 11.5 Å². The molecule has 0 saturated carbocycles. The van der Waals surface area contributed by atoms with Gasteiger partial charge in [0, 0.05) is 18.0 Å². The fraction of sp³-hybridized carbons (Fsp3) is 0.231. The average molecular weight is 466 g/mol. The van der Waals surface area contributed by atoms with Crippen LogP contribution in [0.1, 0.15) is 41.1 Å². The summed E-state index contributed by atoms with van der Waals surface area (Å²) in [6.07, 6.45) is 0. The Balaban J connectivity index is 1.44. The highest BCUT2D eigenvalue weighted by Gasteiger charge is 2.22. The van der Waals surface area contributed by atoms with E-state index in [0.29, 0.717) is 34.7 Å². The van der Waals surface area contributed by atoms with Crippen molar-refractivity contribution >= 4 is 16.9 Å². The van der Waals surface area contributed by atoms with Crippen molar-refractivity contribution in [2.75, 3.05) is 13.7 Å². The van der Waals surface area contributed by atoms with Crippen molar-refractivity contribution in [3.8, 4) is 11.5 Å². The van der Waals surface area contributed by atoms with E-state index in [1.54, 1.807) is 49.4 Å². The maximum absolute atomic E-state index is 13.7. The first-order chi connectivity index (χ1) is 16.5. The topological polar surface area (TPSA) is 65.4 Å². The van der Waals surface area contributed by atoms with Gasteiger partial charge in [0.15, 0.2) is 11.5 Å². The van der Waals surface area contributed by atoms with Crippen molar-refractivity contribution in [3.05, 3.63) is 89.7 Å². The highest BCUT2D eigenvalue weighted by atomic mass is 19.3. The molecular formula is C26H25F2N3O3. The van der Waals surface area contributed by atoms with Gasteiger partial charge in [-0.3, -0.25) is 9.36 Å². The number of para-hydroxylation sites is 2. The molecule has 1 N–H and O–H groups in total. The molecule has 1 aromatic heterocycles. The molecule has 0 saturated heterocycles. The molecule has 0 fully saturated rings. The standard InChI is InChI=1S/C26H25F2N3O3/c1-17(24-30-20-10-6-7-11-21(20)31(24)26(27)28)15-29-25(32)19-12-13-22(23(14-19)33-2)34-16-18-8-4-3-5-9-18/h3-14,17,26H,15-16H2,1-2H3,(H,29,32). The molecule has 0 spiro atoms. The zero-order valence-corrected chi connectivity index (χ0v) is 18.9. The summed E-state index contributed by atoms with van der Waals surface area (Å²) in [5.74, 6) is 0.386. The van der Waals surface area contributed by atoms with Crippen molar-refractivity contribution in [1.29, 1.82) is 0 Å². The largest absolute Gasteiger partial charge is 0.493 e. The van der Waals surface area contributed by atoms with Gasteiger partial charge in [0.2, 0.25) is 0 Å². The summed E-state index contributed by atoms with van der Waals surface area (Å²) >= 11 is 0. The smallest absolute Gasteiger partial charge is 0.320 e. The molecule has 8 heteroatoms. The fourth-order valence-corrected chi connectivity index (χ4v) is 3.72. The lowest BCUT2D eigenvalue weighted by molar-refractivity contribution is 0.0704. The number of aromatic nitrogens is 2. The number of alkyl halides is 2. The SMILES string of the molecule is COc1cc(C(=O)NCC(C)c2nc3ccccc3n2C(F)F)ccc1OCc1ccccc1. The Morgan fingerprint density at radius 3 is 2.50 bits per heavy atom. The van der Waals surface area contributed by atoms with Crippen molar-refractivity contribution < 1.29 is 23.0 Å². The van der Waals surface area contributed by atoms with Crippen molar-refractivity contribution in [2.24, 2.45) is 0 Å². The molecule has 34 heavy (non-hydrogen) atoms. The van der Waals surface area contributed by atoms with Crippen LogP contribution in [-0.2, 0) is 6.61 Å². The van der Waals surface area contributed by atoms with Crippen LogP contribution in [0.25, 0.3) is 11.0 Å². The highest BCUT2D eigenvalue weighted by molar-refractivity contribution is 5.95. The van der Waals surface area contributed by atoms with Gasteiger partial charge in [-0.2, -0.15) is 8.78 Å². The number of amides is 1. The number of benzene rings is 3. The lowest BCUT2D eigenvalue weighted by Crippen LogP contribution is -2.28. The first kappa shape index (κ1) is 23.2. The molecule has 1 unspecified atom stereocenters. The third-order valence-electron chi connectivity index (χ3n) is 5.49. The third kappa shape index (κ3) is 5.01. The van der Waals surface area contributed by atoms with Gasteiger partial charge in [-0.25, -0.2) is 4.98 Å². The first-order valence-electron chi connectivity index (χ1n) is 10.9. The Kier molecular flexibility index (Phi) is 7.06. The van der Waals surface area contributed by atoms with E-state index < -0.39 is 12.5 Å². The number of imidazole rings is 1. The molecule has 4 aromatic rings.